The molecule has 5 heteroatoms. The van der Waals surface area contributed by atoms with Crippen molar-refractivity contribution in [3.63, 3.8) is 0 Å². The summed E-state index contributed by atoms with van der Waals surface area (Å²) in [7, 11) is 1.90. The maximum atomic E-state index is 6.17. The van der Waals surface area contributed by atoms with Crippen molar-refractivity contribution in [3.8, 4) is 10.4 Å². The van der Waals surface area contributed by atoms with Crippen molar-refractivity contribution in [2.45, 2.75) is 18.8 Å². The van der Waals surface area contributed by atoms with Gasteiger partial charge >= 0.3 is 0 Å². The van der Waals surface area contributed by atoms with E-state index in [2.05, 4.69) is 16.5 Å². The van der Waals surface area contributed by atoms with Gasteiger partial charge < -0.3 is 10.5 Å². The zero-order valence-electron chi connectivity index (χ0n) is 10.4. The summed E-state index contributed by atoms with van der Waals surface area (Å²) >= 11 is 1.71. The van der Waals surface area contributed by atoms with Crippen LogP contribution in [0.4, 0.5) is 5.82 Å². The van der Waals surface area contributed by atoms with Gasteiger partial charge in [0.1, 0.15) is 5.82 Å². The summed E-state index contributed by atoms with van der Waals surface area (Å²) < 4.78 is 7.35. The van der Waals surface area contributed by atoms with Crippen molar-refractivity contribution >= 4 is 17.2 Å². The zero-order valence-corrected chi connectivity index (χ0v) is 11.2. The largest absolute Gasteiger partial charge is 0.383 e. The maximum absolute atomic E-state index is 6.17. The Morgan fingerprint density at radius 2 is 2.44 bits per heavy atom. The summed E-state index contributed by atoms with van der Waals surface area (Å²) in [5, 5.41) is 6.68. The van der Waals surface area contributed by atoms with Crippen LogP contribution in [0.25, 0.3) is 10.4 Å². The van der Waals surface area contributed by atoms with E-state index in [0.717, 1.165) is 43.1 Å². The fourth-order valence-electron chi connectivity index (χ4n) is 2.47. The van der Waals surface area contributed by atoms with Crippen LogP contribution in [0.15, 0.2) is 17.5 Å². The highest BCUT2D eigenvalue weighted by molar-refractivity contribution is 7.13. The molecule has 0 aliphatic carbocycles. The number of thiophene rings is 1. The molecule has 0 saturated carbocycles. The number of aryl methyl sites for hydroxylation is 1. The van der Waals surface area contributed by atoms with Gasteiger partial charge in [-0.1, -0.05) is 6.07 Å². The third kappa shape index (κ3) is 1.93. The van der Waals surface area contributed by atoms with Gasteiger partial charge in [-0.2, -0.15) is 5.10 Å². The SMILES string of the molecule is Cn1nc(C2CCCOC2)c(-c2cccs2)c1N. The molecule has 0 radical (unpaired) electrons. The first kappa shape index (κ1) is 11.7. The third-order valence-corrected chi connectivity index (χ3v) is 4.32. The predicted molar refractivity (Wildman–Crippen MR) is 73.7 cm³/mol. The van der Waals surface area contributed by atoms with Crippen LogP contribution < -0.4 is 5.73 Å². The van der Waals surface area contributed by atoms with E-state index in [1.54, 1.807) is 16.0 Å². The lowest BCUT2D eigenvalue weighted by Gasteiger charge is -2.21. The summed E-state index contributed by atoms with van der Waals surface area (Å²) in [6.07, 6.45) is 2.24. The Balaban J connectivity index is 2.06. The van der Waals surface area contributed by atoms with Gasteiger partial charge in [0.2, 0.25) is 0 Å². The van der Waals surface area contributed by atoms with Crippen molar-refractivity contribution in [1.82, 2.24) is 9.78 Å². The molecule has 1 atom stereocenters. The Labute approximate surface area is 110 Å². The van der Waals surface area contributed by atoms with E-state index >= 15 is 0 Å². The number of hydrogen-bond donors (Lipinski definition) is 1. The van der Waals surface area contributed by atoms with Crippen LogP contribution in [0.1, 0.15) is 24.5 Å². The first-order chi connectivity index (χ1) is 8.77. The van der Waals surface area contributed by atoms with Gasteiger partial charge in [0.15, 0.2) is 0 Å². The van der Waals surface area contributed by atoms with Gasteiger partial charge in [0.05, 0.1) is 17.9 Å². The zero-order chi connectivity index (χ0) is 12.5. The van der Waals surface area contributed by atoms with Crippen molar-refractivity contribution in [2.24, 2.45) is 7.05 Å². The van der Waals surface area contributed by atoms with E-state index in [1.165, 1.54) is 4.88 Å². The van der Waals surface area contributed by atoms with Crippen molar-refractivity contribution in [1.29, 1.82) is 0 Å². The minimum Gasteiger partial charge on any atom is -0.383 e. The molecule has 0 bridgehead atoms. The monoisotopic (exact) mass is 263 g/mol. The number of nitrogens with zero attached hydrogens (tertiary/aromatic N) is 2. The molecule has 0 spiro atoms. The molecule has 2 aromatic rings. The van der Waals surface area contributed by atoms with E-state index in [0.29, 0.717) is 5.92 Å². The number of rotatable bonds is 2. The molecular weight excluding hydrogens is 246 g/mol. The normalized spacial score (nSPS) is 20.2. The number of aromatic nitrogens is 2. The molecule has 1 aliphatic heterocycles. The molecule has 2 aromatic heterocycles. The summed E-state index contributed by atoms with van der Waals surface area (Å²) in [5.41, 5.74) is 8.36. The fourth-order valence-corrected chi connectivity index (χ4v) is 3.26. The molecule has 0 amide bonds. The van der Waals surface area contributed by atoms with Crippen molar-refractivity contribution < 1.29 is 4.74 Å². The number of anilines is 1. The molecule has 18 heavy (non-hydrogen) atoms. The molecule has 96 valence electrons. The van der Waals surface area contributed by atoms with Crippen LogP contribution in [0.3, 0.4) is 0 Å². The molecule has 3 rings (SSSR count). The summed E-state index contributed by atoms with van der Waals surface area (Å²) in [6.45, 7) is 1.63. The number of nitrogen functional groups attached to an aromatic ring is 1. The van der Waals surface area contributed by atoms with Gasteiger partial charge in [0.25, 0.3) is 0 Å². The number of ether oxygens (including phenoxy) is 1. The molecule has 1 unspecified atom stereocenters. The second-order valence-corrected chi connectivity index (χ2v) is 5.61. The highest BCUT2D eigenvalue weighted by atomic mass is 32.1. The lowest BCUT2D eigenvalue weighted by molar-refractivity contribution is 0.0793. The van der Waals surface area contributed by atoms with E-state index in [1.807, 2.05) is 13.1 Å². The first-order valence-electron chi connectivity index (χ1n) is 6.21. The standard InChI is InChI=1S/C13H17N3OS/c1-16-13(14)11(10-5-3-7-18-10)12(15-16)9-4-2-6-17-8-9/h3,5,7,9H,2,4,6,8,14H2,1H3. The van der Waals surface area contributed by atoms with Gasteiger partial charge in [0, 0.05) is 24.4 Å². The summed E-state index contributed by atoms with van der Waals surface area (Å²) in [5.74, 6) is 1.12. The Hall–Kier alpha value is -1.33. The van der Waals surface area contributed by atoms with Crippen LogP contribution >= 0.6 is 11.3 Å². The third-order valence-electron chi connectivity index (χ3n) is 3.43. The molecule has 2 N–H and O–H groups in total. The molecule has 4 nitrogen and oxygen atoms in total. The summed E-state index contributed by atoms with van der Waals surface area (Å²) in [4.78, 5) is 1.20. The fraction of sp³-hybridized carbons (Fsp3) is 0.462. The van der Waals surface area contributed by atoms with E-state index in [9.17, 15) is 0 Å². The Morgan fingerprint density at radius 3 is 3.11 bits per heavy atom. The molecule has 1 saturated heterocycles. The smallest absolute Gasteiger partial charge is 0.130 e. The Bertz CT molecular complexity index is 527. The van der Waals surface area contributed by atoms with Crippen LogP contribution in [0.5, 0.6) is 0 Å². The Kier molecular flexibility index (Phi) is 3.09. The Morgan fingerprint density at radius 1 is 1.56 bits per heavy atom. The van der Waals surface area contributed by atoms with Crippen molar-refractivity contribution in [3.05, 3.63) is 23.2 Å². The van der Waals surface area contributed by atoms with Gasteiger partial charge in [-0.3, -0.25) is 4.68 Å². The average molecular weight is 263 g/mol. The number of hydrogen-bond acceptors (Lipinski definition) is 4. The number of nitrogens with two attached hydrogens (primary N) is 1. The van der Waals surface area contributed by atoms with Crippen LogP contribution in [0, 0.1) is 0 Å². The second-order valence-electron chi connectivity index (χ2n) is 4.66. The molecular formula is C13H17N3OS. The molecule has 0 aromatic carbocycles. The lowest BCUT2D eigenvalue weighted by atomic mass is 9.95. The molecule has 1 aliphatic rings. The molecule has 3 heterocycles. The predicted octanol–water partition coefficient (Wildman–Crippen LogP) is 2.62. The lowest BCUT2D eigenvalue weighted by Crippen LogP contribution is -2.16. The van der Waals surface area contributed by atoms with Crippen LogP contribution in [0.2, 0.25) is 0 Å². The topological polar surface area (TPSA) is 53.1 Å². The van der Waals surface area contributed by atoms with Gasteiger partial charge in [-0.15, -0.1) is 11.3 Å². The van der Waals surface area contributed by atoms with Crippen LogP contribution in [-0.2, 0) is 11.8 Å². The van der Waals surface area contributed by atoms with E-state index in [-0.39, 0.29) is 0 Å². The van der Waals surface area contributed by atoms with Crippen molar-refractivity contribution in [2.75, 3.05) is 18.9 Å². The second kappa shape index (κ2) is 4.74. The minimum absolute atomic E-state index is 0.374. The highest BCUT2D eigenvalue weighted by Crippen LogP contribution is 2.38. The maximum Gasteiger partial charge on any atom is 0.130 e. The van der Waals surface area contributed by atoms with Crippen LogP contribution in [-0.4, -0.2) is 23.0 Å². The van der Waals surface area contributed by atoms with E-state index in [4.69, 9.17) is 10.5 Å². The molecule has 1 fully saturated rings. The quantitative estimate of drug-likeness (QED) is 0.906. The average Bonchev–Trinajstić information content (AvgIpc) is 3.00. The highest BCUT2D eigenvalue weighted by Gasteiger charge is 2.25. The summed E-state index contributed by atoms with van der Waals surface area (Å²) in [6, 6.07) is 4.15. The first-order valence-corrected chi connectivity index (χ1v) is 7.09. The van der Waals surface area contributed by atoms with E-state index < -0.39 is 0 Å². The van der Waals surface area contributed by atoms with Gasteiger partial charge in [-0.25, -0.2) is 0 Å². The van der Waals surface area contributed by atoms with Gasteiger partial charge in [-0.05, 0) is 24.3 Å². The minimum atomic E-state index is 0.374.